The van der Waals surface area contributed by atoms with Crippen LogP contribution in [0, 0.1) is 17.3 Å². The number of hydrogen-bond donors (Lipinski definition) is 2. The van der Waals surface area contributed by atoms with E-state index >= 15 is 0 Å². The summed E-state index contributed by atoms with van der Waals surface area (Å²) in [7, 11) is 0. The van der Waals surface area contributed by atoms with Gasteiger partial charge in [0.1, 0.15) is 0 Å². The number of halogens is 1. The van der Waals surface area contributed by atoms with Gasteiger partial charge in [-0.15, -0.1) is 0 Å². The van der Waals surface area contributed by atoms with E-state index in [9.17, 15) is 4.79 Å². The molecular weight excluding hydrogens is 318 g/mol. The van der Waals surface area contributed by atoms with Crippen molar-refractivity contribution < 1.29 is 9.90 Å². The molecule has 4 aliphatic carbocycles. The van der Waals surface area contributed by atoms with Crippen molar-refractivity contribution in [3.05, 3.63) is 0 Å². The lowest BCUT2D eigenvalue weighted by atomic mass is 9.48. The molecule has 0 spiro atoms. The van der Waals surface area contributed by atoms with Gasteiger partial charge in [0, 0.05) is 23.4 Å². The van der Waals surface area contributed by atoms with Crippen LogP contribution in [-0.2, 0) is 4.79 Å². The second kappa shape index (κ2) is 5.28. The topological polar surface area (TPSA) is 49.3 Å². The van der Waals surface area contributed by atoms with Gasteiger partial charge in [-0.05, 0) is 69.1 Å². The normalized spacial score (nSPS) is 43.5. The average Bonchev–Trinajstić information content (AvgIpc) is 2.23. The van der Waals surface area contributed by atoms with Crippen LogP contribution in [0.1, 0.15) is 58.3 Å². The minimum Gasteiger partial charge on any atom is -0.396 e. The van der Waals surface area contributed by atoms with E-state index in [1.54, 1.807) is 0 Å². The van der Waals surface area contributed by atoms with E-state index in [1.165, 1.54) is 38.5 Å². The van der Waals surface area contributed by atoms with Crippen LogP contribution in [0.2, 0.25) is 0 Å². The highest BCUT2D eigenvalue weighted by Gasteiger charge is 2.57. The Morgan fingerprint density at radius 2 is 2.00 bits per heavy atom. The molecule has 4 fully saturated rings. The summed E-state index contributed by atoms with van der Waals surface area (Å²) in [5.74, 6) is 1.85. The lowest BCUT2D eigenvalue weighted by molar-refractivity contribution is -0.128. The van der Waals surface area contributed by atoms with Crippen LogP contribution in [0.15, 0.2) is 0 Å². The van der Waals surface area contributed by atoms with Crippen LogP contribution in [-0.4, -0.2) is 28.0 Å². The number of carbonyl (C=O) groups excluding carboxylic acids is 1. The fraction of sp³-hybridized carbons (Fsp3) is 0.938. The van der Waals surface area contributed by atoms with Crippen LogP contribution in [0.4, 0.5) is 0 Å². The largest absolute Gasteiger partial charge is 0.396 e. The van der Waals surface area contributed by atoms with Crippen molar-refractivity contribution >= 4 is 21.8 Å². The molecule has 3 nitrogen and oxygen atoms in total. The van der Waals surface area contributed by atoms with Crippen molar-refractivity contribution in [2.24, 2.45) is 17.3 Å². The van der Waals surface area contributed by atoms with Crippen molar-refractivity contribution in [2.75, 3.05) is 6.61 Å². The number of nitrogens with one attached hydrogen (secondary N) is 1. The van der Waals surface area contributed by atoms with Gasteiger partial charge in [-0.1, -0.05) is 15.9 Å². The zero-order valence-electron chi connectivity index (χ0n) is 12.3. The summed E-state index contributed by atoms with van der Waals surface area (Å²) < 4.78 is 0.327. The highest BCUT2D eigenvalue weighted by Crippen LogP contribution is 2.65. The van der Waals surface area contributed by atoms with Gasteiger partial charge in [0.15, 0.2) is 0 Å². The Bertz CT molecular complexity index is 384. The second-order valence-corrected chi connectivity index (χ2v) is 9.45. The fourth-order valence-electron chi connectivity index (χ4n) is 5.48. The number of aliphatic hydroxyl groups excluding tert-OH is 1. The van der Waals surface area contributed by atoms with Gasteiger partial charge >= 0.3 is 0 Å². The number of rotatable bonds is 5. The first kappa shape index (κ1) is 14.8. The van der Waals surface area contributed by atoms with Crippen LogP contribution in [0.5, 0.6) is 0 Å². The van der Waals surface area contributed by atoms with Crippen molar-refractivity contribution in [1.29, 1.82) is 0 Å². The van der Waals surface area contributed by atoms with E-state index in [2.05, 4.69) is 21.2 Å². The van der Waals surface area contributed by atoms with E-state index in [4.69, 9.17) is 5.11 Å². The Kier molecular flexibility index (Phi) is 3.91. The molecule has 4 saturated carbocycles. The molecule has 2 N–H and O–H groups in total. The van der Waals surface area contributed by atoms with Crippen molar-refractivity contribution in [1.82, 2.24) is 5.32 Å². The third-order valence-corrected chi connectivity index (χ3v) is 6.54. The molecule has 0 aliphatic heterocycles. The molecule has 0 radical (unpaired) electrons. The van der Waals surface area contributed by atoms with E-state index in [0.29, 0.717) is 17.2 Å². The first-order valence-corrected chi connectivity index (χ1v) is 8.80. The maximum absolute atomic E-state index is 12.3. The molecule has 0 aromatic rings. The maximum atomic E-state index is 12.3. The molecule has 3 unspecified atom stereocenters. The molecule has 4 bridgehead atoms. The molecule has 0 aromatic heterocycles. The minimum absolute atomic E-state index is 0.0827. The summed E-state index contributed by atoms with van der Waals surface area (Å²) in [6.07, 6.45) is 9.01. The first-order valence-electron chi connectivity index (χ1n) is 8.01. The van der Waals surface area contributed by atoms with Gasteiger partial charge in [-0.2, -0.15) is 0 Å². The van der Waals surface area contributed by atoms with Crippen molar-refractivity contribution in [3.8, 4) is 0 Å². The van der Waals surface area contributed by atoms with Gasteiger partial charge in [-0.3, -0.25) is 4.79 Å². The highest BCUT2D eigenvalue weighted by molar-refractivity contribution is 9.10. The molecule has 114 valence electrons. The monoisotopic (exact) mass is 343 g/mol. The third-order valence-electron chi connectivity index (χ3n) is 5.62. The molecule has 0 saturated heterocycles. The first-order chi connectivity index (χ1) is 9.42. The van der Waals surface area contributed by atoms with Gasteiger partial charge in [0.25, 0.3) is 0 Å². The van der Waals surface area contributed by atoms with Crippen molar-refractivity contribution in [3.63, 3.8) is 0 Å². The maximum Gasteiger partial charge on any atom is 0.220 e. The molecular formula is C16H26BrNO2. The Labute approximate surface area is 130 Å². The van der Waals surface area contributed by atoms with E-state index in [0.717, 1.165) is 11.8 Å². The summed E-state index contributed by atoms with van der Waals surface area (Å²) >= 11 is 3.99. The number of hydrogen-bond acceptors (Lipinski definition) is 2. The predicted molar refractivity (Wildman–Crippen MR) is 82.7 cm³/mol. The third kappa shape index (κ3) is 2.92. The number of carbonyl (C=O) groups is 1. The van der Waals surface area contributed by atoms with Crippen LogP contribution in [0.3, 0.4) is 0 Å². The Hall–Kier alpha value is -0.0900. The van der Waals surface area contributed by atoms with E-state index < -0.39 is 0 Å². The Balaban J connectivity index is 1.63. The Morgan fingerprint density at radius 1 is 1.35 bits per heavy atom. The van der Waals surface area contributed by atoms with Gasteiger partial charge in [0.2, 0.25) is 5.91 Å². The van der Waals surface area contributed by atoms with E-state index in [1.807, 2.05) is 6.92 Å². The van der Waals surface area contributed by atoms with Gasteiger partial charge in [0.05, 0.1) is 0 Å². The van der Waals surface area contributed by atoms with Crippen molar-refractivity contribution in [2.45, 2.75) is 68.7 Å². The van der Waals surface area contributed by atoms with Crippen LogP contribution in [0.25, 0.3) is 0 Å². The summed E-state index contributed by atoms with van der Waals surface area (Å²) in [5, 5.41) is 12.0. The summed E-state index contributed by atoms with van der Waals surface area (Å²) in [4.78, 5) is 12.3. The zero-order valence-corrected chi connectivity index (χ0v) is 13.9. The lowest BCUT2D eigenvalue weighted by Crippen LogP contribution is -2.54. The average molecular weight is 344 g/mol. The summed E-state index contributed by atoms with van der Waals surface area (Å²) in [6, 6.07) is 0.0827. The molecule has 1 amide bonds. The molecule has 0 aromatic carbocycles. The molecule has 4 rings (SSSR count). The smallest absolute Gasteiger partial charge is 0.220 e. The second-order valence-electron chi connectivity index (χ2n) is 7.77. The minimum atomic E-state index is 0.0827. The molecule has 4 aliphatic rings. The van der Waals surface area contributed by atoms with E-state index in [-0.39, 0.29) is 24.0 Å². The quantitative estimate of drug-likeness (QED) is 0.754. The predicted octanol–water partition coefficient (Wildman–Crippen LogP) is 3.00. The Morgan fingerprint density at radius 3 is 2.55 bits per heavy atom. The highest BCUT2D eigenvalue weighted by atomic mass is 79.9. The molecule has 4 heteroatoms. The summed E-state index contributed by atoms with van der Waals surface area (Å²) in [6.45, 7) is 2.11. The number of amides is 1. The SMILES string of the molecule is CC(CCO)NC(=O)CC12CC3CC(CC(Br)(C3)C1)C2. The zero-order chi connectivity index (χ0) is 14.4. The standard InChI is InChI=1S/C16H26BrNO2/c1-11(2-3-19)18-14(20)9-15-5-12-4-13(6-15)8-16(17,7-12)10-15/h11-13,19H,2-10H2,1H3,(H,18,20). The fourth-order valence-corrected chi connectivity index (χ4v) is 6.99. The van der Waals surface area contributed by atoms with Crippen LogP contribution >= 0.6 is 15.9 Å². The number of aliphatic hydroxyl groups is 1. The van der Waals surface area contributed by atoms with Gasteiger partial charge in [-0.25, -0.2) is 0 Å². The molecule has 20 heavy (non-hydrogen) atoms. The number of alkyl halides is 1. The van der Waals surface area contributed by atoms with Gasteiger partial charge < -0.3 is 10.4 Å². The molecule has 0 heterocycles. The van der Waals surface area contributed by atoms with Crippen LogP contribution < -0.4 is 5.32 Å². The lowest BCUT2D eigenvalue weighted by Gasteiger charge is -2.60. The molecule has 3 atom stereocenters. The summed E-state index contributed by atoms with van der Waals surface area (Å²) in [5.41, 5.74) is 0.247.